The lowest BCUT2D eigenvalue weighted by atomic mass is 10.2. The van der Waals surface area contributed by atoms with Crippen LogP contribution in [0, 0.1) is 0 Å². The van der Waals surface area contributed by atoms with Gasteiger partial charge in [-0.15, -0.1) is 11.3 Å². The molecule has 1 aromatic heterocycles. The Morgan fingerprint density at radius 3 is 2.84 bits per heavy atom. The zero-order chi connectivity index (χ0) is 17.4. The minimum Gasteiger partial charge on any atom is -0.335 e. The molecule has 2 unspecified atom stereocenters. The molecule has 7 heteroatoms. The van der Waals surface area contributed by atoms with Crippen molar-refractivity contribution in [2.24, 2.45) is 0 Å². The fourth-order valence-corrected chi connectivity index (χ4v) is 4.49. The predicted molar refractivity (Wildman–Crippen MR) is 97.5 cm³/mol. The van der Waals surface area contributed by atoms with Crippen molar-refractivity contribution < 1.29 is 9.59 Å². The summed E-state index contributed by atoms with van der Waals surface area (Å²) in [7, 11) is 0. The molecule has 6 nitrogen and oxygen atoms in total. The number of fused-ring (bicyclic) bond motifs is 1. The molecule has 1 aliphatic carbocycles. The molecule has 2 fully saturated rings. The second-order valence-electron chi connectivity index (χ2n) is 6.83. The van der Waals surface area contributed by atoms with Crippen LogP contribution in [0.4, 0.5) is 4.79 Å². The zero-order valence-corrected chi connectivity index (χ0v) is 15.0. The lowest BCUT2D eigenvalue weighted by Gasteiger charge is -2.28. The molecule has 4 rings (SSSR count). The van der Waals surface area contributed by atoms with Crippen LogP contribution in [0.2, 0.25) is 0 Å². The average Bonchev–Trinajstić information content (AvgIpc) is 3.13. The normalized spacial score (nSPS) is 22.0. The largest absolute Gasteiger partial charge is 0.335 e. The summed E-state index contributed by atoms with van der Waals surface area (Å²) in [6, 6.07) is 7.76. The van der Waals surface area contributed by atoms with Crippen molar-refractivity contribution in [3.8, 4) is 0 Å². The minimum atomic E-state index is -0.380. The number of nitrogens with one attached hydrogen (secondary N) is 2. The van der Waals surface area contributed by atoms with E-state index < -0.39 is 0 Å². The van der Waals surface area contributed by atoms with E-state index in [0.29, 0.717) is 0 Å². The highest BCUT2D eigenvalue weighted by Gasteiger charge is 2.35. The van der Waals surface area contributed by atoms with Crippen molar-refractivity contribution in [1.29, 1.82) is 0 Å². The Morgan fingerprint density at radius 2 is 2.08 bits per heavy atom. The SMILES string of the molecule is CC(C(=O)NC(=O)NC1CC1)N1CCCC1c1nc2ccccc2s1. The van der Waals surface area contributed by atoms with Crippen molar-refractivity contribution in [3.05, 3.63) is 29.3 Å². The molecule has 1 saturated carbocycles. The first-order chi connectivity index (χ1) is 12.1. The average molecular weight is 358 g/mol. The summed E-state index contributed by atoms with van der Waals surface area (Å²) in [5.41, 5.74) is 1.01. The van der Waals surface area contributed by atoms with Crippen LogP contribution in [0.5, 0.6) is 0 Å². The molecule has 0 bridgehead atoms. The topological polar surface area (TPSA) is 74.3 Å². The number of hydrogen-bond donors (Lipinski definition) is 2. The Balaban J connectivity index is 1.46. The molecular weight excluding hydrogens is 336 g/mol. The van der Waals surface area contributed by atoms with Crippen molar-refractivity contribution in [2.75, 3.05) is 6.54 Å². The molecule has 0 radical (unpaired) electrons. The number of hydrogen-bond acceptors (Lipinski definition) is 5. The van der Waals surface area contributed by atoms with E-state index in [-0.39, 0.29) is 30.1 Å². The Kier molecular flexibility index (Phi) is 4.43. The van der Waals surface area contributed by atoms with Crippen LogP contribution in [-0.4, -0.2) is 40.5 Å². The van der Waals surface area contributed by atoms with E-state index in [1.807, 2.05) is 25.1 Å². The first-order valence-electron chi connectivity index (χ1n) is 8.84. The highest BCUT2D eigenvalue weighted by molar-refractivity contribution is 7.18. The summed E-state index contributed by atoms with van der Waals surface area (Å²) in [6.07, 6.45) is 4.03. The van der Waals surface area contributed by atoms with Gasteiger partial charge in [0.1, 0.15) is 5.01 Å². The smallest absolute Gasteiger partial charge is 0.321 e. The molecule has 1 aliphatic heterocycles. The molecule has 1 aromatic carbocycles. The van der Waals surface area contributed by atoms with Crippen molar-refractivity contribution in [2.45, 2.75) is 50.7 Å². The highest BCUT2D eigenvalue weighted by Crippen LogP contribution is 2.37. The summed E-state index contributed by atoms with van der Waals surface area (Å²) in [5.74, 6) is -0.244. The number of likely N-dealkylation sites (tertiary alicyclic amines) is 1. The predicted octanol–water partition coefficient (Wildman–Crippen LogP) is 2.81. The Hall–Kier alpha value is -1.99. The summed E-state index contributed by atoms with van der Waals surface area (Å²) >= 11 is 1.69. The summed E-state index contributed by atoms with van der Waals surface area (Å²) in [5, 5.41) is 6.33. The Bertz CT molecular complexity index is 768. The minimum absolute atomic E-state index is 0.143. The van der Waals surface area contributed by atoms with E-state index in [4.69, 9.17) is 4.98 Å². The lowest BCUT2D eigenvalue weighted by molar-refractivity contribution is -0.125. The molecule has 132 valence electrons. The van der Waals surface area contributed by atoms with E-state index in [1.165, 1.54) is 4.70 Å². The number of benzene rings is 1. The molecule has 2 heterocycles. The standard InChI is InChI=1S/C18H22N4O2S/c1-11(16(23)21-18(24)19-12-8-9-12)22-10-4-6-14(22)17-20-13-5-2-3-7-15(13)25-17/h2-3,5,7,11-12,14H,4,6,8-10H2,1H3,(H2,19,21,23,24). The monoisotopic (exact) mass is 358 g/mol. The zero-order valence-electron chi connectivity index (χ0n) is 14.2. The van der Waals surface area contributed by atoms with Gasteiger partial charge >= 0.3 is 6.03 Å². The summed E-state index contributed by atoms with van der Waals surface area (Å²) in [6.45, 7) is 2.71. The molecule has 2 atom stereocenters. The molecule has 25 heavy (non-hydrogen) atoms. The van der Waals surface area contributed by atoms with Crippen molar-refractivity contribution in [3.63, 3.8) is 0 Å². The van der Waals surface area contributed by atoms with Gasteiger partial charge in [0.2, 0.25) is 5.91 Å². The van der Waals surface area contributed by atoms with Gasteiger partial charge in [0.05, 0.1) is 22.3 Å². The first-order valence-corrected chi connectivity index (χ1v) is 9.66. The third kappa shape index (κ3) is 3.52. The fourth-order valence-electron chi connectivity index (χ4n) is 3.37. The molecule has 2 N–H and O–H groups in total. The van der Waals surface area contributed by atoms with Gasteiger partial charge in [-0.1, -0.05) is 12.1 Å². The Labute approximate surface area is 150 Å². The van der Waals surface area contributed by atoms with E-state index >= 15 is 0 Å². The van der Waals surface area contributed by atoms with Gasteiger partial charge in [-0.2, -0.15) is 0 Å². The maximum absolute atomic E-state index is 12.5. The van der Waals surface area contributed by atoms with Crippen LogP contribution < -0.4 is 10.6 Å². The van der Waals surface area contributed by atoms with Gasteiger partial charge in [0.25, 0.3) is 0 Å². The number of nitrogens with zero attached hydrogens (tertiary/aromatic N) is 2. The fraction of sp³-hybridized carbons (Fsp3) is 0.500. The molecule has 3 amide bonds. The number of rotatable bonds is 4. The van der Waals surface area contributed by atoms with Crippen molar-refractivity contribution >= 4 is 33.5 Å². The first kappa shape index (κ1) is 16.5. The summed E-state index contributed by atoms with van der Waals surface area (Å²) < 4.78 is 1.17. The van der Waals surface area contributed by atoms with E-state index in [1.54, 1.807) is 11.3 Å². The summed E-state index contributed by atoms with van der Waals surface area (Å²) in [4.78, 5) is 31.2. The van der Waals surface area contributed by atoms with Gasteiger partial charge in [0.15, 0.2) is 0 Å². The van der Waals surface area contributed by atoms with E-state index in [0.717, 1.165) is 42.8 Å². The number of thiazole rings is 1. The van der Waals surface area contributed by atoms with Crippen LogP contribution in [0.3, 0.4) is 0 Å². The third-order valence-electron chi connectivity index (χ3n) is 4.92. The van der Waals surface area contributed by atoms with E-state index in [2.05, 4.69) is 21.6 Å². The third-order valence-corrected chi connectivity index (χ3v) is 6.05. The molecule has 1 saturated heterocycles. The second-order valence-corrected chi connectivity index (χ2v) is 7.89. The van der Waals surface area contributed by atoms with Gasteiger partial charge in [-0.3, -0.25) is 15.0 Å². The number of carbonyl (C=O) groups is 2. The molecule has 2 aliphatic rings. The maximum atomic E-state index is 12.5. The van der Waals surface area contributed by atoms with Gasteiger partial charge < -0.3 is 5.32 Å². The number of imide groups is 1. The lowest BCUT2D eigenvalue weighted by Crippen LogP contribution is -2.49. The number of para-hydroxylation sites is 1. The van der Waals surface area contributed by atoms with Gasteiger partial charge in [-0.05, 0) is 51.3 Å². The van der Waals surface area contributed by atoms with Crippen LogP contribution in [-0.2, 0) is 4.79 Å². The van der Waals surface area contributed by atoms with Gasteiger partial charge in [0, 0.05) is 6.04 Å². The number of aromatic nitrogens is 1. The number of amides is 3. The van der Waals surface area contributed by atoms with Crippen LogP contribution in [0.25, 0.3) is 10.2 Å². The van der Waals surface area contributed by atoms with Gasteiger partial charge in [-0.25, -0.2) is 9.78 Å². The highest BCUT2D eigenvalue weighted by atomic mass is 32.1. The van der Waals surface area contributed by atoms with Crippen LogP contribution in [0.15, 0.2) is 24.3 Å². The Morgan fingerprint density at radius 1 is 1.28 bits per heavy atom. The molecular formula is C18H22N4O2S. The quantitative estimate of drug-likeness (QED) is 0.881. The number of urea groups is 1. The van der Waals surface area contributed by atoms with E-state index in [9.17, 15) is 9.59 Å². The second kappa shape index (κ2) is 6.72. The molecule has 2 aromatic rings. The maximum Gasteiger partial charge on any atom is 0.321 e. The van der Waals surface area contributed by atoms with Crippen molar-refractivity contribution in [1.82, 2.24) is 20.5 Å². The van der Waals surface area contributed by atoms with Crippen LogP contribution in [0.1, 0.15) is 43.7 Å². The number of carbonyl (C=O) groups excluding carboxylic acids is 2. The van der Waals surface area contributed by atoms with Crippen LogP contribution >= 0.6 is 11.3 Å². The molecule has 0 spiro atoms.